The highest BCUT2D eigenvalue weighted by molar-refractivity contribution is 8.00. The lowest BCUT2D eigenvalue weighted by Crippen LogP contribution is -2.71. The third kappa shape index (κ3) is 7.91. The molecule has 0 aliphatic carbocycles. The van der Waals surface area contributed by atoms with E-state index in [1.54, 1.807) is 22.0 Å². The first-order valence-corrected chi connectivity index (χ1v) is 23.6. The number of carbonyl (C=O) groups excluding carboxylic acids is 2. The largest absolute Gasteiger partial charge is 0.469 e. The van der Waals surface area contributed by atoms with Gasteiger partial charge in [-0.1, -0.05) is 157 Å². The number of nitrogens with zero attached hydrogens (tertiary/aromatic N) is 5. The van der Waals surface area contributed by atoms with E-state index in [0.29, 0.717) is 22.3 Å². The summed E-state index contributed by atoms with van der Waals surface area (Å²) in [6, 6.07) is 49.6. The molecule has 324 valence electrons. The highest BCUT2D eigenvalue weighted by atomic mass is 32.2. The highest BCUT2D eigenvalue weighted by Gasteiger charge is 2.55. The average molecular weight is 914 g/mol. The third-order valence-electron chi connectivity index (χ3n) is 12.1. The SMILES string of the molecule is CON=C(C(=O)N[C@@H]1C(=O)N2C(C(=S)OC(c3ccccc3)c3ccccc3)=C(C3CCn4cncc43)CS[C@H]12)c1csc(NC(c2ccccc2)(c2ccccc2)c2ccccc2)n1. The van der Waals surface area contributed by atoms with Crippen molar-refractivity contribution in [1.82, 2.24) is 24.8 Å². The molecule has 5 aromatic carbocycles. The Labute approximate surface area is 390 Å². The molecule has 2 aromatic heterocycles. The monoisotopic (exact) mass is 913 g/mol. The number of benzene rings is 5. The van der Waals surface area contributed by atoms with Crippen LogP contribution in [0.25, 0.3) is 0 Å². The van der Waals surface area contributed by atoms with E-state index in [1.165, 1.54) is 18.4 Å². The molecule has 10 rings (SSSR count). The summed E-state index contributed by atoms with van der Waals surface area (Å²) in [5, 5.41) is 13.0. The second-order valence-corrected chi connectivity index (χ2v) is 18.2. The molecule has 1 unspecified atom stereocenters. The lowest BCUT2D eigenvalue weighted by molar-refractivity contribution is -0.144. The van der Waals surface area contributed by atoms with Gasteiger partial charge in [-0.3, -0.25) is 14.5 Å². The number of nitrogens with one attached hydrogen (secondary N) is 2. The summed E-state index contributed by atoms with van der Waals surface area (Å²) in [7, 11) is 1.38. The fraction of sp³-hybridized carbons (Fsp3) is 0.176. The molecular weight excluding hydrogens is 871 g/mol. The lowest BCUT2D eigenvalue weighted by atomic mass is 9.77. The second-order valence-electron chi connectivity index (χ2n) is 15.8. The Kier molecular flexibility index (Phi) is 11.9. The Balaban J connectivity index is 0.935. The summed E-state index contributed by atoms with van der Waals surface area (Å²) >= 11 is 9.15. The number of rotatable bonds is 14. The number of hydrogen-bond donors (Lipinski definition) is 2. The summed E-state index contributed by atoms with van der Waals surface area (Å²) in [6.07, 6.45) is 4.06. The maximum Gasteiger partial charge on any atom is 0.276 e. The number of aryl methyl sites for hydroxylation is 1. The molecule has 0 radical (unpaired) electrons. The van der Waals surface area contributed by atoms with Crippen molar-refractivity contribution in [3.05, 3.63) is 220 Å². The van der Waals surface area contributed by atoms with E-state index < -0.39 is 29.0 Å². The van der Waals surface area contributed by atoms with Crippen molar-refractivity contribution in [1.29, 1.82) is 0 Å². The minimum absolute atomic E-state index is 0.00633. The minimum atomic E-state index is -0.875. The van der Waals surface area contributed by atoms with Gasteiger partial charge in [0.25, 0.3) is 11.8 Å². The molecule has 1 fully saturated rings. The molecule has 0 spiro atoms. The van der Waals surface area contributed by atoms with Crippen LogP contribution in [-0.2, 0) is 31.2 Å². The van der Waals surface area contributed by atoms with Crippen LogP contribution in [0.5, 0.6) is 0 Å². The molecule has 0 saturated carbocycles. The van der Waals surface area contributed by atoms with Crippen LogP contribution in [0, 0.1) is 0 Å². The number of oxime groups is 1. The van der Waals surface area contributed by atoms with Crippen LogP contribution in [0.2, 0.25) is 0 Å². The third-order valence-corrected chi connectivity index (χ3v) is 14.5. The molecule has 0 bridgehead atoms. The Morgan fingerprint density at radius 2 is 1.42 bits per heavy atom. The van der Waals surface area contributed by atoms with E-state index >= 15 is 0 Å². The number of β-lactam (4-membered cyclic amide) rings is 1. The number of thioether (sulfide) groups is 1. The Morgan fingerprint density at radius 3 is 1.98 bits per heavy atom. The van der Waals surface area contributed by atoms with E-state index in [1.807, 2.05) is 128 Å². The molecule has 3 aliphatic rings. The molecule has 14 heteroatoms. The van der Waals surface area contributed by atoms with E-state index in [-0.39, 0.29) is 22.6 Å². The van der Waals surface area contributed by atoms with Crippen LogP contribution in [0.15, 0.2) is 186 Å². The lowest BCUT2D eigenvalue weighted by Gasteiger charge is -2.51. The Morgan fingerprint density at radius 1 is 0.846 bits per heavy atom. The quantitative estimate of drug-likeness (QED) is 0.0362. The number of anilines is 1. The zero-order valence-electron chi connectivity index (χ0n) is 35.2. The fourth-order valence-corrected chi connectivity index (χ4v) is 11.6. The molecule has 65 heavy (non-hydrogen) atoms. The molecule has 2 N–H and O–H groups in total. The molecule has 5 heterocycles. The fourth-order valence-electron chi connectivity index (χ4n) is 9.11. The van der Waals surface area contributed by atoms with Gasteiger partial charge in [0.1, 0.15) is 35.9 Å². The number of fused-ring (bicyclic) bond motifs is 2. The highest BCUT2D eigenvalue weighted by Crippen LogP contribution is 2.48. The molecule has 1 saturated heterocycles. The van der Waals surface area contributed by atoms with Gasteiger partial charge in [0.15, 0.2) is 10.8 Å². The van der Waals surface area contributed by atoms with Crippen molar-refractivity contribution in [3.8, 4) is 0 Å². The Bertz CT molecular complexity index is 2760. The topological polar surface area (TPSA) is 123 Å². The van der Waals surface area contributed by atoms with Crippen LogP contribution in [0.3, 0.4) is 0 Å². The van der Waals surface area contributed by atoms with Gasteiger partial charge in [0, 0.05) is 35.5 Å². The van der Waals surface area contributed by atoms with Crippen molar-refractivity contribution >= 4 is 63.0 Å². The van der Waals surface area contributed by atoms with Crippen LogP contribution in [0.1, 0.15) is 57.6 Å². The average Bonchev–Trinajstić information content (AvgIpc) is 4.13. The number of hydrogen-bond acceptors (Lipinski definition) is 11. The van der Waals surface area contributed by atoms with Crippen molar-refractivity contribution in [3.63, 3.8) is 0 Å². The van der Waals surface area contributed by atoms with Gasteiger partial charge in [0.2, 0.25) is 5.05 Å². The summed E-state index contributed by atoms with van der Waals surface area (Å²) in [5.41, 5.74) is 6.94. The number of ether oxygens (including phenoxy) is 1. The van der Waals surface area contributed by atoms with Crippen LogP contribution < -0.4 is 10.6 Å². The van der Waals surface area contributed by atoms with E-state index in [0.717, 1.165) is 52.0 Å². The molecular formula is C51H43N7O4S3. The van der Waals surface area contributed by atoms with Crippen molar-refractivity contribution in [2.24, 2.45) is 5.16 Å². The minimum Gasteiger partial charge on any atom is -0.469 e. The number of carbonyl (C=O) groups is 2. The predicted octanol–water partition coefficient (Wildman–Crippen LogP) is 9.07. The van der Waals surface area contributed by atoms with Crippen LogP contribution in [-0.4, -0.2) is 66.3 Å². The van der Waals surface area contributed by atoms with Gasteiger partial charge < -0.3 is 24.8 Å². The normalized spacial score (nSPS) is 18.1. The van der Waals surface area contributed by atoms with Crippen molar-refractivity contribution < 1.29 is 19.2 Å². The van der Waals surface area contributed by atoms with Gasteiger partial charge in [-0.05, 0) is 52.0 Å². The summed E-state index contributed by atoms with van der Waals surface area (Å²) in [4.78, 5) is 45.2. The van der Waals surface area contributed by atoms with Crippen LogP contribution in [0.4, 0.5) is 5.13 Å². The number of thiazole rings is 1. The summed E-state index contributed by atoms with van der Waals surface area (Å²) in [6.45, 7) is 0.809. The number of imidazole rings is 1. The van der Waals surface area contributed by atoms with Gasteiger partial charge in [0.05, 0.1) is 12.0 Å². The Hall–Kier alpha value is -6.87. The van der Waals surface area contributed by atoms with Gasteiger partial charge >= 0.3 is 0 Å². The number of amides is 2. The smallest absolute Gasteiger partial charge is 0.276 e. The van der Waals surface area contributed by atoms with E-state index in [2.05, 4.69) is 61.7 Å². The maximum absolute atomic E-state index is 14.5. The summed E-state index contributed by atoms with van der Waals surface area (Å²) in [5.74, 6) is -0.325. The summed E-state index contributed by atoms with van der Waals surface area (Å²) < 4.78 is 8.95. The maximum atomic E-state index is 14.5. The second kappa shape index (κ2) is 18.3. The molecule has 2 amide bonds. The zero-order valence-corrected chi connectivity index (χ0v) is 37.6. The first kappa shape index (κ1) is 42.1. The first-order chi connectivity index (χ1) is 31.9. The van der Waals surface area contributed by atoms with E-state index in [4.69, 9.17) is 26.8 Å². The van der Waals surface area contributed by atoms with E-state index in [9.17, 15) is 9.59 Å². The molecule has 11 nitrogen and oxygen atoms in total. The molecule has 7 aromatic rings. The standard InChI is InChI=1S/C51H43N7O4S3/c1-61-56-42(40-31-65-50(53-40)55-51(35-21-11-4-12-22-35,36-23-13-5-14-24-36)37-25-15-6-16-26-37)46(59)54-43-47(60)58-44(39(30-64-48(43)58)38-27-28-57-32-52-29-41(38)57)49(63)62-45(33-17-7-2-8-18-33)34-19-9-3-10-20-34/h2-26,29,31-32,38,43,45,48H,27-28,30H2,1H3,(H,53,55)(H,54,59)/t38?,43-,48-/m1/s1. The van der Waals surface area contributed by atoms with Crippen molar-refractivity contribution in [2.45, 2.75) is 41.9 Å². The number of aromatic nitrogens is 3. The number of thiocarbonyl (C=S) groups is 1. The van der Waals surface area contributed by atoms with Gasteiger partial charge in [-0.25, -0.2) is 9.97 Å². The predicted molar refractivity (Wildman–Crippen MR) is 259 cm³/mol. The van der Waals surface area contributed by atoms with Gasteiger partial charge in [-0.2, -0.15) is 0 Å². The zero-order chi connectivity index (χ0) is 44.3. The molecule has 3 atom stereocenters. The first-order valence-electron chi connectivity index (χ1n) is 21.3. The van der Waals surface area contributed by atoms with Crippen molar-refractivity contribution in [2.75, 3.05) is 18.2 Å². The molecule has 3 aliphatic heterocycles. The van der Waals surface area contributed by atoms with Gasteiger partial charge in [-0.15, -0.1) is 23.1 Å². The van der Waals surface area contributed by atoms with Crippen LogP contribution >= 0.6 is 35.3 Å².